The molecule has 0 spiro atoms. The highest BCUT2D eigenvalue weighted by molar-refractivity contribution is 9.10. The second-order valence-corrected chi connectivity index (χ2v) is 6.50. The smallest absolute Gasteiger partial charge is 0.146 e. The van der Waals surface area contributed by atoms with Gasteiger partial charge in [0.15, 0.2) is 0 Å². The predicted octanol–water partition coefficient (Wildman–Crippen LogP) is 4.31. The number of anilines is 1. The van der Waals surface area contributed by atoms with Crippen molar-refractivity contribution in [2.24, 2.45) is 5.73 Å². The Hall–Kier alpha value is -0.910. The lowest BCUT2D eigenvalue weighted by Gasteiger charge is -2.20. The van der Waals surface area contributed by atoms with E-state index in [1.54, 1.807) is 17.4 Å². The molecule has 2 rings (SSSR count). The first kappa shape index (κ1) is 14.5. The van der Waals surface area contributed by atoms with Crippen molar-refractivity contribution in [2.45, 2.75) is 19.5 Å². The van der Waals surface area contributed by atoms with Crippen molar-refractivity contribution in [3.63, 3.8) is 0 Å². The van der Waals surface area contributed by atoms with E-state index in [2.05, 4.69) is 22.0 Å². The van der Waals surface area contributed by atoms with Crippen LogP contribution in [0.4, 0.5) is 10.1 Å². The average Bonchev–Trinajstić information content (AvgIpc) is 2.74. The van der Waals surface area contributed by atoms with Gasteiger partial charge >= 0.3 is 0 Å². The lowest BCUT2D eigenvalue weighted by atomic mass is 10.1. The first-order valence-electron chi connectivity index (χ1n) is 5.96. The van der Waals surface area contributed by atoms with Gasteiger partial charge in [-0.15, -0.1) is 11.3 Å². The molecule has 0 saturated carbocycles. The van der Waals surface area contributed by atoms with Crippen molar-refractivity contribution < 1.29 is 4.39 Å². The fourth-order valence-electron chi connectivity index (χ4n) is 1.87. The largest absolute Gasteiger partial charge is 0.367 e. The van der Waals surface area contributed by atoms with E-state index in [1.807, 2.05) is 30.3 Å². The Labute approximate surface area is 125 Å². The van der Waals surface area contributed by atoms with Crippen molar-refractivity contribution in [3.8, 4) is 0 Å². The van der Waals surface area contributed by atoms with Gasteiger partial charge in [-0.1, -0.05) is 6.07 Å². The Bertz CT molecular complexity index is 568. The predicted molar refractivity (Wildman–Crippen MR) is 83.1 cm³/mol. The van der Waals surface area contributed by atoms with Crippen LogP contribution in [0, 0.1) is 5.82 Å². The zero-order valence-corrected chi connectivity index (χ0v) is 13.3. The van der Waals surface area contributed by atoms with Crippen molar-refractivity contribution >= 4 is 33.0 Å². The minimum absolute atomic E-state index is 0.151. The van der Waals surface area contributed by atoms with E-state index in [9.17, 15) is 4.39 Å². The first-order chi connectivity index (χ1) is 8.97. The van der Waals surface area contributed by atoms with Gasteiger partial charge in [0.05, 0.1) is 12.2 Å². The fourth-order valence-corrected chi connectivity index (χ4v) is 3.38. The van der Waals surface area contributed by atoms with Crippen LogP contribution in [0.25, 0.3) is 0 Å². The summed E-state index contributed by atoms with van der Waals surface area (Å²) in [6.07, 6.45) is 0. The highest BCUT2D eigenvalue weighted by Gasteiger charge is 2.11. The third-order valence-corrected chi connectivity index (χ3v) is 4.61. The van der Waals surface area contributed by atoms with Crippen LogP contribution in [-0.4, -0.2) is 7.05 Å². The maximum absolute atomic E-state index is 14.1. The Morgan fingerprint density at radius 3 is 2.68 bits per heavy atom. The van der Waals surface area contributed by atoms with E-state index in [-0.39, 0.29) is 11.9 Å². The van der Waals surface area contributed by atoms with E-state index >= 15 is 0 Å². The summed E-state index contributed by atoms with van der Waals surface area (Å²) in [5.74, 6) is -0.229. The second kappa shape index (κ2) is 6.03. The summed E-state index contributed by atoms with van der Waals surface area (Å²) in [7, 11) is 1.89. The van der Waals surface area contributed by atoms with Crippen LogP contribution >= 0.6 is 27.3 Å². The van der Waals surface area contributed by atoms with Crippen LogP contribution in [0.1, 0.15) is 23.4 Å². The molecule has 2 aromatic rings. The molecule has 1 aromatic carbocycles. The van der Waals surface area contributed by atoms with Gasteiger partial charge in [-0.25, -0.2) is 4.39 Å². The number of hydrogen-bond donors (Lipinski definition) is 1. The molecule has 2 nitrogen and oxygen atoms in total. The van der Waals surface area contributed by atoms with E-state index in [4.69, 9.17) is 5.73 Å². The first-order valence-corrected chi connectivity index (χ1v) is 7.63. The van der Waals surface area contributed by atoms with Gasteiger partial charge in [0.25, 0.3) is 0 Å². The van der Waals surface area contributed by atoms with Gasteiger partial charge in [-0.05, 0) is 46.6 Å². The molecule has 0 saturated heterocycles. The Morgan fingerprint density at radius 1 is 1.42 bits per heavy atom. The molecule has 0 aliphatic heterocycles. The molecule has 1 atom stereocenters. The van der Waals surface area contributed by atoms with Crippen LogP contribution in [0.15, 0.2) is 34.1 Å². The molecule has 5 heteroatoms. The molecule has 0 aliphatic carbocycles. The SMILES string of the molecule is CC(N)c1ccc(N(C)Cc2cc(Br)cs2)c(F)c1. The number of hydrogen-bond acceptors (Lipinski definition) is 3. The monoisotopic (exact) mass is 342 g/mol. The molecule has 0 amide bonds. The summed E-state index contributed by atoms with van der Waals surface area (Å²) in [5, 5.41) is 2.03. The maximum Gasteiger partial charge on any atom is 0.146 e. The Balaban J connectivity index is 2.17. The molecular weight excluding hydrogens is 327 g/mol. The standard InChI is InChI=1S/C14H16BrFN2S/c1-9(17)10-3-4-14(13(16)5-10)18(2)7-12-6-11(15)8-19-12/h3-6,8-9H,7,17H2,1-2H3. The molecule has 19 heavy (non-hydrogen) atoms. The molecule has 0 aliphatic rings. The summed E-state index contributed by atoms with van der Waals surface area (Å²) in [6, 6.07) is 7.08. The lowest BCUT2D eigenvalue weighted by molar-refractivity contribution is 0.617. The fraction of sp³-hybridized carbons (Fsp3) is 0.286. The number of nitrogens with two attached hydrogens (primary N) is 1. The zero-order valence-electron chi connectivity index (χ0n) is 10.9. The third-order valence-electron chi connectivity index (χ3n) is 2.92. The van der Waals surface area contributed by atoms with Gasteiger partial charge in [0.1, 0.15) is 5.82 Å². The molecule has 1 aromatic heterocycles. The van der Waals surface area contributed by atoms with Gasteiger partial charge in [0.2, 0.25) is 0 Å². The molecule has 102 valence electrons. The van der Waals surface area contributed by atoms with Crippen molar-refractivity contribution in [1.29, 1.82) is 0 Å². The zero-order chi connectivity index (χ0) is 14.0. The lowest BCUT2D eigenvalue weighted by Crippen LogP contribution is -2.17. The maximum atomic E-state index is 14.1. The minimum Gasteiger partial charge on any atom is -0.367 e. The summed E-state index contributed by atoms with van der Waals surface area (Å²) >= 11 is 5.08. The average molecular weight is 343 g/mol. The van der Waals surface area contributed by atoms with Gasteiger partial charge in [-0.3, -0.25) is 0 Å². The molecule has 1 unspecified atom stereocenters. The van der Waals surface area contributed by atoms with E-state index in [0.29, 0.717) is 12.2 Å². The molecular formula is C14H16BrFN2S. The minimum atomic E-state index is -0.229. The molecule has 0 radical (unpaired) electrons. The summed E-state index contributed by atoms with van der Waals surface area (Å²) in [5.41, 5.74) is 7.16. The van der Waals surface area contributed by atoms with Gasteiger partial charge in [0, 0.05) is 27.8 Å². The highest BCUT2D eigenvalue weighted by atomic mass is 79.9. The number of benzene rings is 1. The summed E-state index contributed by atoms with van der Waals surface area (Å²) < 4.78 is 15.1. The summed E-state index contributed by atoms with van der Waals surface area (Å²) in [4.78, 5) is 3.09. The van der Waals surface area contributed by atoms with Crippen LogP contribution in [0.5, 0.6) is 0 Å². The quantitative estimate of drug-likeness (QED) is 0.897. The highest BCUT2D eigenvalue weighted by Crippen LogP contribution is 2.26. The van der Waals surface area contributed by atoms with Crippen molar-refractivity contribution in [1.82, 2.24) is 0 Å². The number of thiophene rings is 1. The van der Waals surface area contributed by atoms with Crippen molar-refractivity contribution in [2.75, 3.05) is 11.9 Å². The molecule has 2 N–H and O–H groups in total. The number of nitrogens with zero attached hydrogens (tertiary/aromatic N) is 1. The molecule has 0 fully saturated rings. The Morgan fingerprint density at radius 2 is 2.16 bits per heavy atom. The number of rotatable bonds is 4. The van der Waals surface area contributed by atoms with Crippen LogP contribution in [0.2, 0.25) is 0 Å². The van der Waals surface area contributed by atoms with Gasteiger partial charge in [-0.2, -0.15) is 0 Å². The molecule has 1 heterocycles. The van der Waals surface area contributed by atoms with E-state index in [0.717, 1.165) is 10.0 Å². The summed E-state index contributed by atoms with van der Waals surface area (Å²) in [6.45, 7) is 2.53. The van der Waals surface area contributed by atoms with Crippen LogP contribution < -0.4 is 10.6 Å². The van der Waals surface area contributed by atoms with Crippen molar-refractivity contribution in [3.05, 3.63) is 50.4 Å². The Kier molecular flexibility index (Phi) is 4.60. The second-order valence-electron chi connectivity index (χ2n) is 4.59. The third kappa shape index (κ3) is 3.55. The topological polar surface area (TPSA) is 29.3 Å². The molecule has 0 bridgehead atoms. The number of halogens is 2. The van der Waals surface area contributed by atoms with Gasteiger partial charge < -0.3 is 10.6 Å². The normalized spacial score (nSPS) is 12.5. The van der Waals surface area contributed by atoms with Crippen LogP contribution in [-0.2, 0) is 6.54 Å². The van der Waals surface area contributed by atoms with E-state index < -0.39 is 0 Å². The van der Waals surface area contributed by atoms with E-state index in [1.165, 1.54) is 10.9 Å². The van der Waals surface area contributed by atoms with Crippen LogP contribution in [0.3, 0.4) is 0 Å².